The van der Waals surface area contributed by atoms with E-state index in [1.165, 1.54) is 11.1 Å². The second kappa shape index (κ2) is 7.95. The molecule has 0 saturated heterocycles. The molecule has 0 spiro atoms. The zero-order valence-electron chi connectivity index (χ0n) is 12.9. The van der Waals surface area contributed by atoms with Crippen LogP contribution in [0.2, 0.25) is 0 Å². The summed E-state index contributed by atoms with van der Waals surface area (Å²) < 4.78 is 0.974. The van der Waals surface area contributed by atoms with Crippen LogP contribution in [0.5, 0.6) is 0 Å². The number of rotatable bonds is 5. The predicted octanol–water partition coefficient (Wildman–Crippen LogP) is 5.23. The fourth-order valence-corrected chi connectivity index (χ4v) is 2.76. The molecule has 0 aromatic heterocycles. The topological polar surface area (TPSA) is 29.1 Å². The number of benzene rings is 2. The van der Waals surface area contributed by atoms with Crippen LogP contribution >= 0.6 is 15.9 Å². The molecule has 0 aliphatic rings. The minimum atomic E-state index is -0.105. The molecule has 114 valence electrons. The molecule has 2 nitrogen and oxygen atoms in total. The number of hydrogen-bond acceptors (Lipinski definition) is 1. The van der Waals surface area contributed by atoms with Crippen molar-refractivity contribution in [2.75, 3.05) is 5.32 Å². The molecule has 0 aliphatic heterocycles. The van der Waals surface area contributed by atoms with E-state index in [1.54, 1.807) is 6.08 Å². The molecule has 0 unspecified atom stereocenters. The van der Waals surface area contributed by atoms with Crippen LogP contribution in [-0.2, 0) is 17.6 Å². The lowest BCUT2D eigenvalue weighted by Gasteiger charge is -2.13. The Bertz CT molecular complexity index is 669. The van der Waals surface area contributed by atoms with Crippen molar-refractivity contribution in [1.29, 1.82) is 0 Å². The monoisotopic (exact) mass is 357 g/mol. The zero-order valence-corrected chi connectivity index (χ0v) is 14.5. The molecule has 0 atom stereocenters. The highest BCUT2D eigenvalue weighted by molar-refractivity contribution is 9.10. The van der Waals surface area contributed by atoms with E-state index in [2.05, 4.69) is 47.2 Å². The van der Waals surface area contributed by atoms with Gasteiger partial charge >= 0.3 is 0 Å². The highest BCUT2D eigenvalue weighted by Gasteiger charge is 2.08. The summed E-state index contributed by atoms with van der Waals surface area (Å²) in [6.07, 6.45) is 5.19. The second-order valence-electron chi connectivity index (χ2n) is 5.00. The molecule has 0 fully saturated rings. The summed E-state index contributed by atoms with van der Waals surface area (Å²) in [7, 11) is 0. The van der Waals surface area contributed by atoms with Crippen LogP contribution in [-0.4, -0.2) is 5.91 Å². The van der Waals surface area contributed by atoms with Gasteiger partial charge in [-0.15, -0.1) is 0 Å². The maximum atomic E-state index is 12.2. The fourth-order valence-electron chi connectivity index (χ4n) is 2.34. The van der Waals surface area contributed by atoms with Crippen LogP contribution in [0, 0.1) is 0 Å². The summed E-state index contributed by atoms with van der Waals surface area (Å²) in [5, 5.41) is 3.03. The van der Waals surface area contributed by atoms with E-state index in [-0.39, 0.29) is 5.91 Å². The standard InChI is InChI=1S/C19H20BrNO/c1-3-14-9-7-10-15(4-2)19(14)21-18(22)13-12-16-8-5-6-11-17(16)20/h5-13H,3-4H2,1-2H3,(H,21,22)/b13-12+. The summed E-state index contributed by atoms with van der Waals surface area (Å²) in [5.41, 5.74) is 4.27. The Morgan fingerprint density at radius 1 is 1.05 bits per heavy atom. The summed E-state index contributed by atoms with van der Waals surface area (Å²) in [6, 6.07) is 14.0. The van der Waals surface area contributed by atoms with Gasteiger partial charge in [0.25, 0.3) is 0 Å². The first-order valence-electron chi connectivity index (χ1n) is 7.50. The van der Waals surface area contributed by atoms with Gasteiger partial charge in [-0.3, -0.25) is 4.79 Å². The Balaban J connectivity index is 2.18. The number of carbonyl (C=O) groups is 1. The molecule has 3 heteroatoms. The fraction of sp³-hybridized carbons (Fsp3) is 0.211. The Morgan fingerprint density at radius 3 is 2.27 bits per heavy atom. The van der Waals surface area contributed by atoms with Gasteiger partial charge in [-0.1, -0.05) is 66.2 Å². The number of nitrogens with one attached hydrogen (secondary N) is 1. The molecule has 0 saturated carbocycles. The lowest BCUT2D eigenvalue weighted by atomic mass is 10.0. The minimum absolute atomic E-state index is 0.105. The number of para-hydroxylation sites is 1. The van der Waals surface area contributed by atoms with Crippen molar-refractivity contribution in [3.05, 3.63) is 69.7 Å². The number of hydrogen-bond donors (Lipinski definition) is 1. The van der Waals surface area contributed by atoms with Gasteiger partial charge in [0.1, 0.15) is 0 Å². The predicted molar refractivity (Wildman–Crippen MR) is 97.0 cm³/mol. The molecule has 0 heterocycles. The molecule has 0 radical (unpaired) electrons. The van der Waals surface area contributed by atoms with Crippen LogP contribution in [0.15, 0.2) is 53.0 Å². The third kappa shape index (κ3) is 4.08. The number of anilines is 1. The molecule has 2 aromatic carbocycles. The van der Waals surface area contributed by atoms with Crippen molar-refractivity contribution in [2.24, 2.45) is 0 Å². The Labute approximate surface area is 140 Å². The quantitative estimate of drug-likeness (QED) is 0.729. The summed E-state index contributed by atoms with van der Waals surface area (Å²) in [6.45, 7) is 4.20. The van der Waals surface area contributed by atoms with E-state index < -0.39 is 0 Å². The Morgan fingerprint density at radius 2 is 1.68 bits per heavy atom. The normalized spacial score (nSPS) is 10.9. The van der Waals surface area contributed by atoms with Crippen molar-refractivity contribution in [1.82, 2.24) is 0 Å². The van der Waals surface area contributed by atoms with Crippen LogP contribution in [0.1, 0.15) is 30.5 Å². The van der Waals surface area contributed by atoms with Gasteiger partial charge < -0.3 is 5.32 Å². The lowest BCUT2D eigenvalue weighted by Crippen LogP contribution is -2.11. The van der Waals surface area contributed by atoms with Crippen molar-refractivity contribution < 1.29 is 4.79 Å². The third-order valence-electron chi connectivity index (χ3n) is 3.57. The number of carbonyl (C=O) groups excluding carboxylic acids is 1. The van der Waals surface area contributed by atoms with Gasteiger partial charge in [-0.2, -0.15) is 0 Å². The molecule has 22 heavy (non-hydrogen) atoms. The van der Waals surface area contributed by atoms with E-state index in [1.807, 2.05) is 36.4 Å². The summed E-state index contributed by atoms with van der Waals surface area (Å²) in [4.78, 5) is 12.2. The highest BCUT2D eigenvalue weighted by Crippen LogP contribution is 2.23. The van der Waals surface area contributed by atoms with Crippen LogP contribution in [0.4, 0.5) is 5.69 Å². The first-order valence-corrected chi connectivity index (χ1v) is 8.29. The maximum Gasteiger partial charge on any atom is 0.248 e. The van der Waals surface area contributed by atoms with Crippen molar-refractivity contribution in [3.63, 3.8) is 0 Å². The van der Waals surface area contributed by atoms with Crippen LogP contribution in [0.3, 0.4) is 0 Å². The number of amides is 1. The first kappa shape index (κ1) is 16.5. The van der Waals surface area contributed by atoms with E-state index in [9.17, 15) is 4.79 Å². The molecule has 1 amide bonds. The van der Waals surface area contributed by atoms with E-state index >= 15 is 0 Å². The van der Waals surface area contributed by atoms with Crippen molar-refractivity contribution >= 4 is 33.6 Å². The van der Waals surface area contributed by atoms with E-state index in [0.29, 0.717) is 0 Å². The molecule has 0 bridgehead atoms. The third-order valence-corrected chi connectivity index (χ3v) is 4.29. The molecular weight excluding hydrogens is 338 g/mol. The smallest absolute Gasteiger partial charge is 0.248 e. The van der Waals surface area contributed by atoms with E-state index in [4.69, 9.17) is 0 Å². The van der Waals surface area contributed by atoms with Gasteiger partial charge in [0.15, 0.2) is 0 Å². The number of halogens is 1. The average molecular weight is 358 g/mol. The Hall–Kier alpha value is -1.87. The van der Waals surface area contributed by atoms with Crippen molar-refractivity contribution in [2.45, 2.75) is 26.7 Å². The maximum absolute atomic E-state index is 12.2. The number of aryl methyl sites for hydroxylation is 2. The molecule has 0 aliphatic carbocycles. The largest absolute Gasteiger partial charge is 0.322 e. The van der Waals surface area contributed by atoms with Crippen LogP contribution in [0.25, 0.3) is 6.08 Å². The molecule has 2 aromatic rings. The minimum Gasteiger partial charge on any atom is -0.322 e. The van der Waals surface area contributed by atoms with Gasteiger partial charge in [0.05, 0.1) is 0 Å². The second-order valence-corrected chi connectivity index (χ2v) is 5.86. The Kier molecular flexibility index (Phi) is 5.96. The SMILES string of the molecule is CCc1cccc(CC)c1NC(=O)/C=C/c1ccccc1Br. The molecular formula is C19H20BrNO. The van der Waals surface area contributed by atoms with Crippen molar-refractivity contribution in [3.8, 4) is 0 Å². The van der Waals surface area contributed by atoms with Gasteiger partial charge in [0.2, 0.25) is 5.91 Å². The molecule has 1 N–H and O–H groups in total. The van der Waals surface area contributed by atoms with Gasteiger partial charge in [0, 0.05) is 16.2 Å². The molecule has 2 rings (SSSR count). The van der Waals surface area contributed by atoms with Crippen LogP contribution < -0.4 is 5.32 Å². The van der Waals surface area contributed by atoms with Gasteiger partial charge in [-0.05, 0) is 41.7 Å². The van der Waals surface area contributed by atoms with E-state index in [0.717, 1.165) is 28.6 Å². The summed E-state index contributed by atoms with van der Waals surface area (Å²) in [5.74, 6) is -0.105. The zero-order chi connectivity index (χ0) is 15.9. The lowest BCUT2D eigenvalue weighted by molar-refractivity contribution is -0.111. The van der Waals surface area contributed by atoms with Gasteiger partial charge in [-0.25, -0.2) is 0 Å². The first-order chi connectivity index (χ1) is 10.7. The highest BCUT2D eigenvalue weighted by atomic mass is 79.9. The summed E-state index contributed by atoms with van der Waals surface area (Å²) >= 11 is 3.48. The average Bonchev–Trinajstić information content (AvgIpc) is 2.54.